The summed E-state index contributed by atoms with van der Waals surface area (Å²) in [5.74, 6) is -5.07. The molecule has 37 heavy (non-hydrogen) atoms. The van der Waals surface area contributed by atoms with Crippen LogP contribution >= 0.6 is 0 Å². The average molecular weight is 511 g/mol. The van der Waals surface area contributed by atoms with Crippen molar-refractivity contribution in [2.75, 3.05) is 0 Å². The molecule has 1 aliphatic carbocycles. The first-order valence-electron chi connectivity index (χ1n) is 11.8. The molecule has 0 spiro atoms. The van der Waals surface area contributed by atoms with Crippen LogP contribution in [0.3, 0.4) is 0 Å². The third-order valence-corrected chi connectivity index (χ3v) is 6.48. The van der Waals surface area contributed by atoms with Gasteiger partial charge < -0.3 is 9.47 Å². The highest BCUT2D eigenvalue weighted by molar-refractivity contribution is 5.98. The van der Waals surface area contributed by atoms with Gasteiger partial charge >= 0.3 is 18.1 Å². The number of carbonyl (C=O) groups is 3. The number of ketones is 1. The number of ether oxygens (including phenoxy) is 2. The minimum Gasteiger partial charge on any atom is -0.460 e. The quantitative estimate of drug-likeness (QED) is 0.280. The summed E-state index contributed by atoms with van der Waals surface area (Å²) < 4.78 is 50.1. The summed E-state index contributed by atoms with van der Waals surface area (Å²) in [7, 11) is 0. The van der Waals surface area contributed by atoms with Crippen LogP contribution in [0.5, 0.6) is 0 Å². The summed E-state index contributed by atoms with van der Waals surface area (Å²) in [5, 5.41) is 0. The van der Waals surface area contributed by atoms with Crippen LogP contribution < -0.4 is 0 Å². The molecule has 0 amide bonds. The van der Waals surface area contributed by atoms with Crippen molar-refractivity contribution in [2.24, 2.45) is 11.8 Å². The zero-order valence-corrected chi connectivity index (χ0v) is 19.8. The number of hydrogen-bond donors (Lipinski definition) is 0. The molecule has 5 nitrogen and oxygen atoms in total. The first kappa shape index (κ1) is 26.1. The van der Waals surface area contributed by atoms with E-state index < -0.39 is 41.4 Å². The number of esters is 2. The third-order valence-electron chi connectivity index (χ3n) is 6.48. The molecule has 192 valence electrons. The van der Waals surface area contributed by atoms with Crippen molar-refractivity contribution in [2.45, 2.75) is 38.1 Å². The molecule has 0 heterocycles. The molecule has 0 saturated heterocycles. The Labute approximate surface area is 212 Å². The van der Waals surface area contributed by atoms with Gasteiger partial charge in [-0.2, -0.15) is 13.2 Å². The van der Waals surface area contributed by atoms with Crippen molar-refractivity contribution < 1.29 is 37.0 Å². The van der Waals surface area contributed by atoms with Crippen molar-refractivity contribution in [1.82, 2.24) is 0 Å². The first-order chi connectivity index (χ1) is 17.7. The molecule has 2 unspecified atom stereocenters. The summed E-state index contributed by atoms with van der Waals surface area (Å²) in [6, 6.07) is 22.1. The fraction of sp³-hybridized carbons (Fsp3) is 0.276. The minimum atomic E-state index is -4.53. The van der Waals surface area contributed by atoms with Crippen LogP contribution in [0.25, 0.3) is 0 Å². The molecule has 0 aromatic heterocycles. The highest BCUT2D eigenvalue weighted by Crippen LogP contribution is 2.43. The Hall–Kier alpha value is -3.94. The van der Waals surface area contributed by atoms with Gasteiger partial charge in [-0.1, -0.05) is 72.8 Å². The summed E-state index contributed by atoms with van der Waals surface area (Å²) >= 11 is 0. The molecule has 1 aliphatic rings. The summed E-state index contributed by atoms with van der Waals surface area (Å²) in [5.41, 5.74) is 0.902. The Morgan fingerprint density at radius 1 is 0.784 bits per heavy atom. The zero-order chi connectivity index (χ0) is 26.4. The Kier molecular flexibility index (Phi) is 8.06. The molecule has 0 bridgehead atoms. The Bertz CT molecular complexity index is 1170. The van der Waals surface area contributed by atoms with E-state index in [-0.39, 0.29) is 31.8 Å². The summed E-state index contributed by atoms with van der Waals surface area (Å²) in [6.45, 7) is -0.151. The van der Waals surface area contributed by atoms with Crippen LogP contribution in [-0.2, 0) is 43.2 Å². The van der Waals surface area contributed by atoms with Crippen LogP contribution in [0.1, 0.15) is 41.0 Å². The number of benzene rings is 3. The molecule has 1 fully saturated rings. The second kappa shape index (κ2) is 11.4. The van der Waals surface area contributed by atoms with Crippen molar-refractivity contribution >= 4 is 17.7 Å². The second-order valence-electron chi connectivity index (χ2n) is 8.93. The van der Waals surface area contributed by atoms with Crippen LogP contribution in [-0.4, -0.2) is 17.7 Å². The molecule has 3 aromatic rings. The maximum Gasteiger partial charge on any atom is 0.416 e. The van der Waals surface area contributed by atoms with Gasteiger partial charge in [-0.3, -0.25) is 14.4 Å². The standard InChI is InChI=1S/C29H25F3O5/c30-29(31,32)22-13-11-21(12-14-22)25-23(15-16-24(25)33)26(27(34)36-17-19-7-3-1-4-8-19)28(35)37-18-20-9-5-2-6-10-20/h1-14,23,25-26H,15-18H2. The lowest BCUT2D eigenvalue weighted by molar-refractivity contribution is -0.166. The second-order valence-corrected chi connectivity index (χ2v) is 8.93. The highest BCUT2D eigenvalue weighted by atomic mass is 19.4. The number of halogens is 3. The summed E-state index contributed by atoms with van der Waals surface area (Å²) in [6.07, 6.45) is -4.23. The molecule has 0 radical (unpaired) electrons. The van der Waals surface area contributed by atoms with Crippen LogP contribution in [0, 0.1) is 11.8 Å². The molecular weight excluding hydrogens is 485 g/mol. The Morgan fingerprint density at radius 3 is 1.73 bits per heavy atom. The van der Waals surface area contributed by atoms with Gasteiger partial charge in [0.25, 0.3) is 0 Å². The topological polar surface area (TPSA) is 69.7 Å². The van der Waals surface area contributed by atoms with E-state index in [1.54, 1.807) is 48.5 Å². The van der Waals surface area contributed by atoms with E-state index in [0.717, 1.165) is 12.1 Å². The Balaban J connectivity index is 1.59. The fourth-order valence-corrected chi connectivity index (χ4v) is 4.62. The van der Waals surface area contributed by atoms with Gasteiger partial charge in [0.05, 0.1) is 5.56 Å². The van der Waals surface area contributed by atoms with E-state index in [1.165, 1.54) is 12.1 Å². The van der Waals surface area contributed by atoms with E-state index >= 15 is 0 Å². The average Bonchev–Trinajstić information content (AvgIpc) is 3.27. The van der Waals surface area contributed by atoms with Gasteiger partial charge in [0.2, 0.25) is 0 Å². The number of Topliss-reactive ketones (excluding diaryl/α,β-unsaturated/α-hetero) is 1. The predicted molar refractivity (Wildman–Crippen MR) is 128 cm³/mol. The number of alkyl halides is 3. The molecule has 8 heteroatoms. The van der Waals surface area contributed by atoms with E-state index in [0.29, 0.717) is 16.7 Å². The molecule has 1 saturated carbocycles. The molecular formula is C29H25F3O5. The SMILES string of the molecule is O=C(OCc1ccccc1)C(C(=O)OCc1ccccc1)C1CCC(=O)C1c1ccc(C(F)(F)F)cc1. The van der Waals surface area contributed by atoms with Crippen LogP contribution in [0.15, 0.2) is 84.9 Å². The largest absolute Gasteiger partial charge is 0.460 e. The molecule has 2 atom stereocenters. The first-order valence-corrected chi connectivity index (χ1v) is 11.8. The minimum absolute atomic E-state index is 0.0756. The fourth-order valence-electron chi connectivity index (χ4n) is 4.62. The molecule has 3 aromatic carbocycles. The van der Waals surface area contributed by atoms with Crippen LogP contribution in [0.4, 0.5) is 13.2 Å². The lowest BCUT2D eigenvalue weighted by atomic mass is 9.79. The maximum atomic E-state index is 13.2. The van der Waals surface area contributed by atoms with Gasteiger partial charge in [-0.15, -0.1) is 0 Å². The molecule has 0 aliphatic heterocycles. The normalized spacial score (nSPS) is 17.6. The van der Waals surface area contributed by atoms with Crippen molar-refractivity contribution in [3.05, 3.63) is 107 Å². The van der Waals surface area contributed by atoms with Crippen molar-refractivity contribution in [1.29, 1.82) is 0 Å². The highest BCUT2D eigenvalue weighted by Gasteiger charge is 2.48. The number of carbonyl (C=O) groups excluding carboxylic acids is 3. The van der Waals surface area contributed by atoms with Gasteiger partial charge in [-0.05, 0) is 41.2 Å². The van der Waals surface area contributed by atoms with E-state index in [1.807, 2.05) is 12.1 Å². The third kappa shape index (κ3) is 6.44. The Morgan fingerprint density at radius 2 is 1.27 bits per heavy atom. The summed E-state index contributed by atoms with van der Waals surface area (Å²) in [4.78, 5) is 39.3. The van der Waals surface area contributed by atoms with E-state index in [4.69, 9.17) is 9.47 Å². The van der Waals surface area contributed by atoms with Gasteiger partial charge in [-0.25, -0.2) is 0 Å². The van der Waals surface area contributed by atoms with Crippen molar-refractivity contribution in [3.63, 3.8) is 0 Å². The molecule has 0 N–H and O–H groups in total. The number of hydrogen-bond acceptors (Lipinski definition) is 5. The van der Waals surface area contributed by atoms with Gasteiger partial charge in [0.15, 0.2) is 5.92 Å². The monoisotopic (exact) mass is 510 g/mol. The van der Waals surface area contributed by atoms with Crippen LogP contribution in [0.2, 0.25) is 0 Å². The smallest absolute Gasteiger partial charge is 0.416 e. The van der Waals surface area contributed by atoms with Gasteiger partial charge in [0.1, 0.15) is 19.0 Å². The number of rotatable bonds is 8. The van der Waals surface area contributed by atoms with E-state index in [2.05, 4.69) is 0 Å². The predicted octanol–water partition coefficient (Wildman–Crippen LogP) is 5.87. The zero-order valence-electron chi connectivity index (χ0n) is 19.8. The molecule has 4 rings (SSSR count). The van der Waals surface area contributed by atoms with Crippen molar-refractivity contribution in [3.8, 4) is 0 Å². The maximum absolute atomic E-state index is 13.2. The van der Waals surface area contributed by atoms with Gasteiger partial charge in [0, 0.05) is 12.3 Å². The lowest BCUT2D eigenvalue weighted by Gasteiger charge is -2.26. The lowest BCUT2D eigenvalue weighted by Crippen LogP contribution is -2.36. The van der Waals surface area contributed by atoms with E-state index in [9.17, 15) is 27.6 Å².